The van der Waals surface area contributed by atoms with Gasteiger partial charge in [0.1, 0.15) is 12.4 Å². The molecule has 0 saturated carbocycles. The lowest BCUT2D eigenvalue weighted by atomic mass is 10.0. The summed E-state index contributed by atoms with van der Waals surface area (Å²) < 4.78 is 14.0. The van der Waals surface area contributed by atoms with Crippen molar-refractivity contribution >= 4 is 46.5 Å². The molecular weight excluding hydrogens is 441 g/mol. The number of carbonyl (C=O) groups excluding carboxylic acids is 3. The van der Waals surface area contributed by atoms with E-state index < -0.39 is 16.6 Å². The van der Waals surface area contributed by atoms with E-state index in [2.05, 4.69) is 5.32 Å². The fourth-order valence-corrected chi connectivity index (χ4v) is 5.73. The molecule has 2 aliphatic rings. The molecule has 3 aromatic rings. The number of fused-ring (bicyclic) bond motifs is 2. The minimum Gasteiger partial charge on any atom is -0.324 e. The molecule has 1 spiro atoms. The van der Waals surface area contributed by atoms with Gasteiger partial charge in [0.2, 0.25) is 16.7 Å². The molecule has 1 saturated heterocycles. The summed E-state index contributed by atoms with van der Waals surface area (Å²) in [7, 11) is 0. The average molecular weight is 462 g/mol. The molecule has 0 unspecified atom stereocenters. The number of hydrogen-bond acceptors (Lipinski definition) is 4. The number of nitrogens with zero attached hydrogens (tertiary/aromatic N) is 2. The number of carbonyl (C=O) groups is 3. The molecule has 0 aliphatic carbocycles. The second-order valence-corrected chi connectivity index (χ2v) is 9.08. The topological polar surface area (TPSA) is 69.7 Å². The summed E-state index contributed by atoms with van der Waals surface area (Å²) in [4.78, 5) is 41.1. The third kappa shape index (κ3) is 3.38. The SMILES string of the molecule is Cc1ccccc1NC(=O)CN1C(=O)[C@]2(SCC(=O)N2c2cccc(F)c2)c2ccccc21. The van der Waals surface area contributed by atoms with Crippen LogP contribution in [0, 0.1) is 12.7 Å². The molecule has 2 heterocycles. The van der Waals surface area contributed by atoms with Crippen molar-refractivity contribution in [3.63, 3.8) is 0 Å². The van der Waals surface area contributed by atoms with Gasteiger partial charge in [-0.2, -0.15) is 0 Å². The van der Waals surface area contributed by atoms with E-state index in [4.69, 9.17) is 0 Å². The van der Waals surface area contributed by atoms with Crippen LogP contribution in [0.5, 0.6) is 0 Å². The number of para-hydroxylation sites is 2. The number of amides is 3. The highest BCUT2D eigenvalue weighted by atomic mass is 32.2. The summed E-state index contributed by atoms with van der Waals surface area (Å²) in [6, 6.07) is 20.2. The highest BCUT2D eigenvalue weighted by Crippen LogP contribution is 2.55. The van der Waals surface area contributed by atoms with Crippen LogP contribution in [0.1, 0.15) is 11.1 Å². The normalized spacial score (nSPS) is 19.3. The lowest BCUT2D eigenvalue weighted by Crippen LogP contribution is -2.50. The lowest BCUT2D eigenvalue weighted by Gasteiger charge is -2.33. The minimum absolute atomic E-state index is 0.0693. The maximum atomic E-state index is 14.0. The smallest absolute Gasteiger partial charge is 0.269 e. The molecule has 33 heavy (non-hydrogen) atoms. The Morgan fingerprint density at radius 2 is 1.82 bits per heavy atom. The van der Waals surface area contributed by atoms with Crippen LogP contribution < -0.4 is 15.1 Å². The molecule has 1 atom stereocenters. The van der Waals surface area contributed by atoms with Crippen LogP contribution in [0.25, 0.3) is 0 Å². The second kappa shape index (κ2) is 8.04. The van der Waals surface area contributed by atoms with Crippen LogP contribution in [0.3, 0.4) is 0 Å². The fraction of sp³-hybridized carbons (Fsp3) is 0.160. The number of thioether (sulfide) groups is 1. The highest BCUT2D eigenvalue weighted by Gasteiger charge is 2.61. The molecule has 8 heteroatoms. The van der Waals surface area contributed by atoms with Gasteiger partial charge >= 0.3 is 0 Å². The van der Waals surface area contributed by atoms with E-state index in [0.717, 1.165) is 5.56 Å². The second-order valence-electron chi connectivity index (χ2n) is 7.91. The zero-order valence-electron chi connectivity index (χ0n) is 17.7. The summed E-state index contributed by atoms with van der Waals surface area (Å²) in [5.41, 5.74) is 3.05. The quantitative estimate of drug-likeness (QED) is 0.637. The Morgan fingerprint density at radius 1 is 1.06 bits per heavy atom. The Kier molecular flexibility index (Phi) is 5.17. The van der Waals surface area contributed by atoms with Crippen molar-refractivity contribution in [3.8, 4) is 0 Å². The van der Waals surface area contributed by atoms with E-state index in [1.807, 2.05) is 25.1 Å². The molecule has 6 nitrogen and oxygen atoms in total. The van der Waals surface area contributed by atoms with Crippen molar-refractivity contribution in [2.24, 2.45) is 0 Å². The third-order valence-corrected chi connectivity index (χ3v) is 7.24. The number of hydrogen-bond donors (Lipinski definition) is 1. The molecule has 2 aliphatic heterocycles. The van der Waals surface area contributed by atoms with Crippen molar-refractivity contribution in [2.75, 3.05) is 27.4 Å². The number of rotatable bonds is 4. The van der Waals surface area contributed by atoms with Gasteiger partial charge < -0.3 is 5.32 Å². The van der Waals surface area contributed by atoms with Gasteiger partial charge in [0.25, 0.3) is 5.91 Å². The first-order chi connectivity index (χ1) is 15.9. The summed E-state index contributed by atoms with van der Waals surface area (Å²) in [6.45, 7) is 1.68. The van der Waals surface area contributed by atoms with Gasteiger partial charge in [0.15, 0.2) is 0 Å². The van der Waals surface area contributed by atoms with Gasteiger partial charge in [-0.05, 0) is 42.8 Å². The predicted octanol–water partition coefficient (Wildman–Crippen LogP) is 4.05. The molecule has 3 amide bonds. The van der Waals surface area contributed by atoms with Gasteiger partial charge in [-0.25, -0.2) is 4.39 Å². The highest BCUT2D eigenvalue weighted by molar-refractivity contribution is 8.02. The molecule has 1 fully saturated rings. The molecule has 0 aromatic heterocycles. The third-order valence-electron chi connectivity index (χ3n) is 5.85. The number of anilines is 3. The summed E-state index contributed by atoms with van der Waals surface area (Å²) in [5.74, 6) is -1.47. The van der Waals surface area contributed by atoms with E-state index in [0.29, 0.717) is 22.6 Å². The lowest BCUT2D eigenvalue weighted by molar-refractivity contribution is -0.124. The molecular formula is C25H20FN3O3S. The van der Waals surface area contributed by atoms with Crippen LogP contribution in [0.2, 0.25) is 0 Å². The Labute approximate surface area is 194 Å². The van der Waals surface area contributed by atoms with Crippen LogP contribution in [0.15, 0.2) is 72.8 Å². The number of benzene rings is 3. The molecule has 3 aromatic carbocycles. The standard InChI is InChI=1S/C25H20FN3O3S/c1-16-7-2-4-11-20(16)27-22(30)14-28-21-12-5-3-10-19(21)25(24(28)32)29(23(31)15-33-25)18-9-6-8-17(26)13-18/h2-13H,14-15H2,1H3,(H,27,30)/t25-/m1/s1. The van der Waals surface area contributed by atoms with Crippen molar-refractivity contribution in [3.05, 3.63) is 89.7 Å². The predicted molar refractivity (Wildman–Crippen MR) is 127 cm³/mol. The molecule has 166 valence electrons. The van der Waals surface area contributed by atoms with Gasteiger partial charge in [0, 0.05) is 16.9 Å². The number of halogens is 1. The van der Waals surface area contributed by atoms with E-state index in [9.17, 15) is 18.8 Å². The van der Waals surface area contributed by atoms with Crippen molar-refractivity contribution < 1.29 is 18.8 Å². The monoisotopic (exact) mass is 461 g/mol. The van der Waals surface area contributed by atoms with Gasteiger partial charge in [-0.15, -0.1) is 11.8 Å². The van der Waals surface area contributed by atoms with Crippen LogP contribution in [0.4, 0.5) is 21.5 Å². The van der Waals surface area contributed by atoms with Gasteiger partial charge in [-0.3, -0.25) is 24.2 Å². The first kappa shape index (κ1) is 21.2. The zero-order valence-corrected chi connectivity index (χ0v) is 18.6. The van der Waals surface area contributed by atoms with Crippen molar-refractivity contribution in [1.82, 2.24) is 0 Å². The Balaban J connectivity index is 1.53. The Morgan fingerprint density at radius 3 is 2.61 bits per heavy atom. The summed E-state index contributed by atoms with van der Waals surface area (Å²) >= 11 is 1.19. The Bertz CT molecular complexity index is 1300. The summed E-state index contributed by atoms with van der Waals surface area (Å²) in [5, 5.41) is 2.86. The summed E-state index contributed by atoms with van der Waals surface area (Å²) in [6.07, 6.45) is 0. The van der Waals surface area contributed by atoms with E-state index in [-0.39, 0.29) is 24.1 Å². The largest absolute Gasteiger partial charge is 0.324 e. The van der Waals surface area contributed by atoms with E-state index in [1.54, 1.807) is 36.4 Å². The van der Waals surface area contributed by atoms with Gasteiger partial charge in [-0.1, -0.05) is 42.5 Å². The van der Waals surface area contributed by atoms with Gasteiger partial charge in [0.05, 0.1) is 11.4 Å². The zero-order chi connectivity index (χ0) is 23.2. The maximum absolute atomic E-state index is 14.0. The van der Waals surface area contributed by atoms with Crippen molar-refractivity contribution in [2.45, 2.75) is 11.8 Å². The van der Waals surface area contributed by atoms with Crippen LogP contribution >= 0.6 is 11.8 Å². The molecule has 5 rings (SSSR count). The molecule has 0 bridgehead atoms. The fourth-order valence-electron chi connectivity index (χ4n) is 4.37. The maximum Gasteiger partial charge on any atom is 0.269 e. The minimum atomic E-state index is -1.38. The van der Waals surface area contributed by atoms with Crippen LogP contribution in [-0.4, -0.2) is 30.0 Å². The molecule has 0 radical (unpaired) electrons. The Hall–Kier alpha value is -3.65. The van der Waals surface area contributed by atoms with E-state index in [1.165, 1.54) is 39.8 Å². The van der Waals surface area contributed by atoms with Crippen LogP contribution in [-0.2, 0) is 19.3 Å². The van der Waals surface area contributed by atoms with E-state index >= 15 is 0 Å². The average Bonchev–Trinajstić information content (AvgIpc) is 3.26. The number of aryl methyl sites for hydroxylation is 1. The van der Waals surface area contributed by atoms with Crippen molar-refractivity contribution in [1.29, 1.82) is 0 Å². The molecule has 1 N–H and O–H groups in total. The first-order valence-electron chi connectivity index (χ1n) is 10.4. The first-order valence-corrected chi connectivity index (χ1v) is 11.4. The number of nitrogens with one attached hydrogen (secondary N) is 1.